The number of ether oxygens (including phenoxy) is 1. The van der Waals surface area contributed by atoms with E-state index in [2.05, 4.69) is 6.07 Å². The van der Waals surface area contributed by atoms with Crippen molar-refractivity contribution in [2.45, 2.75) is 13.0 Å². The number of nitriles is 1. The smallest absolute Gasteiger partial charge is 0.124 e. The predicted octanol–water partition coefficient (Wildman–Crippen LogP) is 1.57. The molecule has 1 aromatic rings. The monoisotopic (exact) mass is 234 g/mol. The van der Waals surface area contributed by atoms with Crippen LogP contribution in [0, 0.1) is 11.3 Å². The number of rotatable bonds is 6. The van der Waals surface area contributed by atoms with E-state index in [9.17, 15) is 5.26 Å². The van der Waals surface area contributed by atoms with Gasteiger partial charge >= 0.3 is 0 Å². The lowest BCUT2D eigenvalue weighted by molar-refractivity contribution is 0.180. The minimum absolute atomic E-state index is 0.0516. The number of nitrogens with zero attached hydrogens (tertiary/aromatic N) is 2. The Morgan fingerprint density at radius 1 is 1.53 bits per heavy atom. The van der Waals surface area contributed by atoms with Crippen molar-refractivity contribution in [1.29, 1.82) is 5.26 Å². The number of hydrogen-bond acceptors (Lipinski definition) is 4. The number of benzene rings is 1. The number of hydrogen-bond donors (Lipinski definition) is 1. The van der Waals surface area contributed by atoms with Crippen LogP contribution in [0.2, 0.25) is 0 Å². The Hall–Kier alpha value is -1.57. The van der Waals surface area contributed by atoms with E-state index < -0.39 is 0 Å². The van der Waals surface area contributed by atoms with Gasteiger partial charge in [0.15, 0.2) is 0 Å². The summed E-state index contributed by atoms with van der Waals surface area (Å²) in [6.07, 6.45) is 0. The van der Waals surface area contributed by atoms with E-state index in [0.717, 1.165) is 17.9 Å². The molecular weight excluding hydrogens is 216 g/mol. The first-order chi connectivity index (χ1) is 8.26. The standard InChI is InChI=1S/C13H18N2O2/c1-3-15(7-8-16)13(10-14)11-5-4-6-12(9-11)17-2/h4-6,9,13,16H,3,7-8H2,1-2H3. The number of aliphatic hydroxyl groups excluding tert-OH is 1. The molecule has 0 aliphatic carbocycles. The van der Waals surface area contributed by atoms with Gasteiger partial charge in [0.1, 0.15) is 11.8 Å². The zero-order valence-electron chi connectivity index (χ0n) is 10.3. The summed E-state index contributed by atoms with van der Waals surface area (Å²) in [5.74, 6) is 0.739. The van der Waals surface area contributed by atoms with E-state index in [0.29, 0.717) is 6.54 Å². The number of likely N-dealkylation sites (N-methyl/N-ethyl adjacent to an activating group) is 1. The Morgan fingerprint density at radius 3 is 2.82 bits per heavy atom. The van der Waals surface area contributed by atoms with Gasteiger partial charge in [-0.1, -0.05) is 19.1 Å². The molecular formula is C13H18N2O2. The highest BCUT2D eigenvalue weighted by Crippen LogP contribution is 2.23. The van der Waals surface area contributed by atoms with Crippen molar-refractivity contribution in [1.82, 2.24) is 4.90 Å². The van der Waals surface area contributed by atoms with Gasteiger partial charge in [0.25, 0.3) is 0 Å². The summed E-state index contributed by atoms with van der Waals surface area (Å²) >= 11 is 0. The molecule has 4 nitrogen and oxygen atoms in total. The Morgan fingerprint density at radius 2 is 2.29 bits per heavy atom. The van der Waals surface area contributed by atoms with Crippen molar-refractivity contribution in [3.63, 3.8) is 0 Å². The van der Waals surface area contributed by atoms with Crippen LogP contribution < -0.4 is 4.74 Å². The molecule has 17 heavy (non-hydrogen) atoms. The van der Waals surface area contributed by atoms with E-state index in [1.165, 1.54) is 0 Å². The Kier molecular flexibility index (Phi) is 5.47. The average molecular weight is 234 g/mol. The van der Waals surface area contributed by atoms with Crippen molar-refractivity contribution in [3.05, 3.63) is 29.8 Å². The van der Waals surface area contributed by atoms with Crippen LogP contribution in [0.1, 0.15) is 18.5 Å². The van der Waals surface area contributed by atoms with Crippen LogP contribution in [0.3, 0.4) is 0 Å². The van der Waals surface area contributed by atoms with E-state index in [1.807, 2.05) is 36.1 Å². The van der Waals surface area contributed by atoms with Crippen LogP contribution in [0.15, 0.2) is 24.3 Å². The van der Waals surface area contributed by atoms with Crippen LogP contribution in [-0.4, -0.2) is 36.8 Å². The zero-order valence-corrected chi connectivity index (χ0v) is 10.3. The lowest BCUT2D eigenvalue weighted by Crippen LogP contribution is -2.30. The molecule has 1 rings (SSSR count). The summed E-state index contributed by atoms with van der Waals surface area (Å²) < 4.78 is 5.15. The van der Waals surface area contributed by atoms with Crippen LogP contribution >= 0.6 is 0 Å². The molecule has 1 unspecified atom stereocenters. The Balaban J connectivity index is 2.95. The Labute approximate surface area is 102 Å². The third-order valence-electron chi connectivity index (χ3n) is 2.69. The van der Waals surface area contributed by atoms with Gasteiger partial charge in [-0.25, -0.2) is 0 Å². The molecule has 0 radical (unpaired) electrons. The van der Waals surface area contributed by atoms with E-state index in [1.54, 1.807) is 7.11 Å². The van der Waals surface area contributed by atoms with Crippen LogP contribution in [0.25, 0.3) is 0 Å². The molecule has 0 spiro atoms. The van der Waals surface area contributed by atoms with E-state index in [-0.39, 0.29) is 12.6 Å². The van der Waals surface area contributed by atoms with Crippen LogP contribution in [-0.2, 0) is 0 Å². The van der Waals surface area contributed by atoms with Gasteiger partial charge in [-0.3, -0.25) is 4.90 Å². The highest BCUT2D eigenvalue weighted by atomic mass is 16.5. The summed E-state index contributed by atoms with van der Waals surface area (Å²) in [5.41, 5.74) is 0.891. The summed E-state index contributed by atoms with van der Waals surface area (Å²) in [4.78, 5) is 1.93. The van der Waals surface area contributed by atoms with Gasteiger partial charge in [0.05, 0.1) is 19.8 Å². The fourth-order valence-electron chi connectivity index (χ4n) is 1.78. The SMILES string of the molecule is CCN(CCO)C(C#N)c1cccc(OC)c1. The van der Waals surface area contributed by atoms with Crippen molar-refractivity contribution in [2.24, 2.45) is 0 Å². The third-order valence-corrected chi connectivity index (χ3v) is 2.69. The summed E-state index contributed by atoms with van der Waals surface area (Å²) in [6.45, 7) is 3.23. The first-order valence-corrected chi connectivity index (χ1v) is 5.65. The van der Waals surface area contributed by atoms with Crippen molar-refractivity contribution in [3.8, 4) is 11.8 Å². The molecule has 0 aliphatic rings. The Bertz CT molecular complexity index is 387. The molecule has 0 heterocycles. The molecule has 0 bridgehead atoms. The van der Waals surface area contributed by atoms with Crippen molar-refractivity contribution in [2.75, 3.05) is 26.8 Å². The second-order valence-electron chi connectivity index (χ2n) is 3.66. The minimum atomic E-state index is -0.345. The van der Waals surface area contributed by atoms with Crippen molar-refractivity contribution < 1.29 is 9.84 Å². The molecule has 1 N–H and O–H groups in total. The van der Waals surface area contributed by atoms with Gasteiger partial charge in [-0.2, -0.15) is 5.26 Å². The lowest BCUT2D eigenvalue weighted by Gasteiger charge is -2.25. The first kappa shape index (κ1) is 13.5. The maximum atomic E-state index is 9.26. The quantitative estimate of drug-likeness (QED) is 0.811. The van der Waals surface area contributed by atoms with Gasteiger partial charge in [-0.05, 0) is 24.2 Å². The summed E-state index contributed by atoms with van der Waals surface area (Å²) in [5, 5.41) is 18.2. The second kappa shape index (κ2) is 6.89. The molecule has 0 saturated heterocycles. The molecule has 0 saturated carbocycles. The minimum Gasteiger partial charge on any atom is -0.497 e. The highest BCUT2D eigenvalue weighted by molar-refractivity contribution is 5.33. The maximum absolute atomic E-state index is 9.26. The number of methoxy groups -OCH3 is 1. The fraction of sp³-hybridized carbons (Fsp3) is 0.462. The molecule has 0 fully saturated rings. The summed E-state index contributed by atoms with van der Waals surface area (Å²) in [6, 6.07) is 9.39. The van der Waals surface area contributed by atoms with Crippen molar-refractivity contribution >= 4 is 0 Å². The molecule has 0 aliphatic heterocycles. The molecule has 92 valence electrons. The lowest BCUT2D eigenvalue weighted by atomic mass is 10.1. The average Bonchev–Trinajstić information content (AvgIpc) is 2.38. The highest BCUT2D eigenvalue weighted by Gasteiger charge is 2.18. The van der Waals surface area contributed by atoms with Crippen LogP contribution in [0.4, 0.5) is 0 Å². The van der Waals surface area contributed by atoms with Gasteiger partial charge in [0.2, 0.25) is 0 Å². The molecule has 4 heteroatoms. The number of aliphatic hydroxyl groups is 1. The second-order valence-corrected chi connectivity index (χ2v) is 3.66. The predicted molar refractivity (Wildman–Crippen MR) is 65.7 cm³/mol. The van der Waals surface area contributed by atoms with E-state index in [4.69, 9.17) is 9.84 Å². The van der Waals surface area contributed by atoms with E-state index >= 15 is 0 Å². The normalized spacial score (nSPS) is 12.2. The van der Waals surface area contributed by atoms with Crippen LogP contribution in [0.5, 0.6) is 5.75 Å². The maximum Gasteiger partial charge on any atom is 0.124 e. The van der Waals surface area contributed by atoms with Gasteiger partial charge < -0.3 is 9.84 Å². The first-order valence-electron chi connectivity index (χ1n) is 5.65. The van der Waals surface area contributed by atoms with Gasteiger partial charge in [-0.15, -0.1) is 0 Å². The summed E-state index contributed by atoms with van der Waals surface area (Å²) in [7, 11) is 1.60. The van der Waals surface area contributed by atoms with Gasteiger partial charge in [0, 0.05) is 6.54 Å². The zero-order chi connectivity index (χ0) is 12.7. The fourth-order valence-corrected chi connectivity index (χ4v) is 1.78. The third kappa shape index (κ3) is 3.45. The largest absolute Gasteiger partial charge is 0.497 e. The molecule has 1 aromatic carbocycles. The molecule has 1 atom stereocenters. The molecule has 0 aromatic heterocycles. The topological polar surface area (TPSA) is 56.5 Å². The molecule has 0 amide bonds.